The maximum atomic E-state index is 6.29. The molecule has 0 saturated heterocycles. The fraction of sp³-hybridized carbons (Fsp3) is 0.571. The zero-order valence-corrected chi connectivity index (χ0v) is 12.7. The van der Waals surface area contributed by atoms with Gasteiger partial charge in [0.2, 0.25) is 0 Å². The molecular formula is C14H20BrCl. The van der Waals surface area contributed by atoms with Crippen LogP contribution in [-0.4, -0.2) is 5.33 Å². The van der Waals surface area contributed by atoms with E-state index in [0.29, 0.717) is 5.41 Å². The Kier molecular flexibility index (Phi) is 5.33. The minimum Gasteiger partial charge on any atom is -0.0922 e. The summed E-state index contributed by atoms with van der Waals surface area (Å²) in [6, 6.07) is 6.37. The molecule has 2 heteroatoms. The number of halogens is 2. The van der Waals surface area contributed by atoms with Crippen molar-refractivity contribution < 1.29 is 0 Å². The highest BCUT2D eigenvalue weighted by Crippen LogP contribution is 2.35. The summed E-state index contributed by atoms with van der Waals surface area (Å²) in [5, 5.41) is 1.95. The van der Waals surface area contributed by atoms with Crippen LogP contribution in [0.5, 0.6) is 0 Å². The van der Waals surface area contributed by atoms with Crippen LogP contribution in [0.25, 0.3) is 0 Å². The van der Waals surface area contributed by atoms with Crippen molar-refractivity contribution in [1.82, 2.24) is 0 Å². The highest BCUT2D eigenvalue weighted by molar-refractivity contribution is 9.09. The molecule has 16 heavy (non-hydrogen) atoms. The van der Waals surface area contributed by atoms with E-state index in [4.69, 9.17) is 11.6 Å². The molecule has 0 amide bonds. The number of hydrogen-bond acceptors (Lipinski definition) is 0. The summed E-state index contributed by atoms with van der Waals surface area (Å²) < 4.78 is 0. The van der Waals surface area contributed by atoms with E-state index in [0.717, 1.165) is 16.8 Å². The van der Waals surface area contributed by atoms with Crippen LogP contribution >= 0.6 is 27.5 Å². The van der Waals surface area contributed by atoms with Gasteiger partial charge in [-0.25, -0.2) is 0 Å². The van der Waals surface area contributed by atoms with E-state index in [2.05, 4.69) is 54.9 Å². The van der Waals surface area contributed by atoms with Crippen LogP contribution in [0.3, 0.4) is 0 Å². The number of alkyl halides is 1. The molecule has 0 bridgehead atoms. The Labute approximate surface area is 113 Å². The number of hydrogen-bond donors (Lipinski definition) is 0. The summed E-state index contributed by atoms with van der Waals surface area (Å²) in [6.07, 6.45) is 3.42. The number of aryl methyl sites for hydroxylation is 1. The van der Waals surface area contributed by atoms with Crippen LogP contribution in [-0.2, 0) is 6.42 Å². The van der Waals surface area contributed by atoms with Crippen molar-refractivity contribution in [3.8, 4) is 0 Å². The lowest BCUT2D eigenvalue weighted by Crippen LogP contribution is -2.24. The lowest BCUT2D eigenvalue weighted by molar-refractivity contribution is 0.307. The Morgan fingerprint density at radius 1 is 1.25 bits per heavy atom. The van der Waals surface area contributed by atoms with Gasteiger partial charge in [0.1, 0.15) is 0 Å². The molecule has 0 N–H and O–H groups in total. The molecule has 0 aromatic heterocycles. The van der Waals surface area contributed by atoms with Crippen LogP contribution in [0.2, 0.25) is 5.02 Å². The molecule has 0 spiro atoms. The Balaban J connectivity index is 2.93. The lowest BCUT2D eigenvalue weighted by atomic mass is 9.79. The van der Waals surface area contributed by atoms with Crippen molar-refractivity contribution in [2.24, 2.45) is 5.41 Å². The maximum absolute atomic E-state index is 6.29. The highest BCUT2D eigenvalue weighted by Gasteiger charge is 2.25. The second-order valence-corrected chi connectivity index (χ2v) is 5.58. The van der Waals surface area contributed by atoms with E-state index >= 15 is 0 Å². The van der Waals surface area contributed by atoms with Crippen molar-refractivity contribution in [2.45, 2.75) is 40.0 Å². The van der Waals surface area contributed by atoms with E-state index in [1.807, 2.05) is 0 Å². The van der Waals surface area contributed by atoms with Gasteiger partial charge in [-0.1, -0.05) is 53.5 Å². The normalized spacial score (nSPS) is 11.8. The minimum atomic E-state index is 0.346. The molecule has 1 rings (SSSR count). The van der Waals surface area contributed by atoms with Crippen LogP contribution < -0.4 is 0 Å². The van der Waals surface area contributed by atoms with E-state index in [1.54, 1.807) is 0 Å². The average molecular weight is 304 g/mol. The lowest BCUT2D eigenvalue weighted by Gasteiger charge is -2.30. The van der Waals surface area contributed by atoms with Crippen molar-refractivity contribution >= 4 is 27.5 Å². The van der Waals surface area contributed by atoms with Crippen LogP contribution in [0, 0.1) is 12.3 Å². The molecule has 0 radical (unpaired) electrons. The highest BCUT2D eigenvalue weighted by atomic mass is 79.9. The second kappa shape index (κ2) is 6.07. The van der Waals surface area contributed by atoms with Gasteiger partial charge in [0.25, 0.3) is 0 Å². The van der Waals surface area contributed by atoms with Gasteiger partial charge in [-0.2, -0.15) is 0 Å². The van der Waals surface area contributed by atoms with E-state index in [9.17, 15) is 0 Å². The van der Waals surface area contributed by atoms with Crippen molar-refractivity contribution in [3.05, 3.63) is 34.3 Å². The van der Waals surface area contributed by atoms with E-state index in [-0.39, 0.29) is 0 Å². The summed E-state index contributed by atoms with van der Waals surface area (Å²) in [5.41, 5.74) is 2.85. The summed E-state index contributed by atoms with van der Waals surface area (Å²) in [6.45, 7) is 6.59. The predicted octanol–water partition coefficient (Wildman–Crippen LogP) is 5.39. The Hall–Kier alpha value is -0.0100. The molecule has 1 aromatic carbocycles. The standard InChI is InChI=1S/C14H20BrCl/c1-4-14(5-2,10-15)9-12-7-6-11(3)8-13(12)16/h6-8H,4-5,9-10H2,1-3H3. The van der Waals surface area contributed by atoms with Gasteiger partial charge >= 0.3 is 0 Å². The molecule has 0 atom stereocenters. The fourth-order valence-electron chi connectivity index (χ4n) is 1.94. The molecule has 0 aliphatic carbocycles. The largest absolute Gasteiger partial charge is 0.0922 e. The van der Waals surface area contributed by atoms with Gasteiger partial charge in [-0.15, -0.1) is 0 Å². The maximum Gasteiger partial charge on any atom is 0.0440 e. The van der Waals surface area contributed by atoms with E-state index in [1.165, 1.54) is 24.0 Å². The fourth-order valence-corrected chi connectivity index (χ4v) is 3.23. The second-order valence-electron chi connectivity index (χ2n) is 4.61. The first-order chi connectivity index (χ1) is 7.56. The average Bonchev–Trinajstić information content (AvgIpc) is 2.29. The first kappa shape index (κ1) is 14.1. The van der Waals surface area contributed by atoms with Gasteiger partial charge in [0.05, 0.1) is 0 Å². The Morgan fingerprint density at radius 3 is 2.31 bits per heavy atom. The van der Waals surface area contributed by atoms with Crippen LogP contribution in [0.15, 0.2) is 18.2 Å². The Bertz CT molecular complexity index is 334. The molecule has 0 fully saturated rings. The minimum absolute atomic E-state index is 0.346. The molecule has 0 saturated carbocycles. The van der Waals surface area contributed by atoms with Gasteiger partial charge in [0.15, 0.2) is 0 Å². The topological polar surface area (TPSA) is 0 Å². The molecular weight excluding hydrogens is 284 g/mol. The monoisotopic (exact) mass is 302 g/mol. The summed E-state index contributed by atoms with van der Waals surface area (Å²) in [5.74, 6) is 0. The number of benzene rings is 1. The predicted molar refractivity (Wildman–Crippen MR) is 76.7 cm³/mol. The molecule has 1 aromatic rings. The van der Waals surface area contributed by atoms with Gasteiger partial charge in [-0.05, 0) is 48.8 Å². The molecule has 0 aliphatic heterocycles. The van der Waals surface area contributed by atoms with Crippen LogP contribution in [0.4, 0.5) is 0 Å². The van der Waals surface area contributed by atoms with E-state index < -0.39 is 0 Å². The first-order valence-corrected chi connectivity index (χ1v) is 7.38. The SMILES string of the molecule is CCC(CC)(CBr)Cc1ccc(C)cc1Cl. The molecule has 0 aliphatic rings. The number of rotatable bonds is 5. The van der Waals surface area contributed by atoms with Crippen molar-refractivity contribution in [2.75, 3.05) is 5.33 Å². The third-order valence-electron chi connectivity index (χ3n) is 3.56. The quantitative estimate of drug-likeness (QED) is 0.640. The first-order valence-electron chi connectivity index (χ1n) is 5.88. The molecule has 0 nitrogen and oxygen atoms in total. The molecule has 90 valence electrons. The van der Waals surface area contributed by atoms with Crippen molar-refractivity contribution in [1.29, 1.82) is 0 Å². The zero-order valence-electron chi connectivity index (χ0n) is 10.3. The van der Waals surface area contributed by atoms with Crippen molar-refractivity contribution in [3.63, 3.8) is 0 Å². The zero-order chi connectivity index (χ0) is 12.2. The van der Waals surface area contributed by atoms with Gasteiger partial charge in [0, 0.05) is 10.4 Å². The smallest absolute Gasteiger partial charge is 0.0440 e. The molecule has 0 heterocycles. The van der Waals surface area contributed by atoms with Crippen LogP contribution in [0.1, 0.15) is 37.8 Å². The summed E-state index contributed by atoms with van der Waals surface area (Å²) >= 11 is 9.94. The Morgan fingerprint density at radius 2 is 1.88 bits per heavy atom. The summed E-state index contributed by atoms with van der Waals surface area (Å²) in [4.78, 5) is 0. The van der Waals surface area contributed by atoms with Gasteiger partial charge < -0.3 is 0 Å². The van der Waals surface area contributed by atoms with Gasteiger partial charge in [-0.3, -0.25) is 0 Å². The third-order valence-corrected chi connectivity index (χ3v) is 5.10. The summed E-state index contributed by atoms with van der Waals surface area (Å²) in [7, 11) is 0. The third kappa shape index (κ3) is 3.24. The molecule has 0 unspecified atom stereocenters.